The van der Waals surface area contributed by atoms with Crippen molar-refractivity contribution in [1.29, 1.82) is 0 Å². The fourth-order valence-electron chi connectivity index (χ4n) is 2.72. The third-order valence-corrected chi connectivity index (χ3v) is 4.19. The molecule has 2 nitrogen and oxygen atoms in total. The molecule has 122 valence electrons. The first-order valence-corrected chi connectivity index (χ1v) is 8.37. The van der Waals surface area contributed by atoms with Gasteiger partial charge >= 0.3 is 0 Å². The zero-order chi connectivity index (χ0) is 17.0. The molecule has 0 bridgehead atoms. The Morgan fingerprint density at radius 1 is 0.750 bits per heavy atom. The van der Waals surface area contributed by atoms with Crippen molar-refractivity contribution in [1.82, 2.24) is 4.98 Å². The van der Waals surface area contributed by atoms with Crippen LogP contribution in [0.2, 0.25) is 0 Å². The highest BCUT2D eigenvalue weighted by Crippen LogP contribution is 2.27. The molecule has 0 fully saturated rings. The van der Waals surface area contributed by atoms with Gasteiger partial charge in [-0.2, -0.15) is 0 Å². The molecule has 0 saturated carbocycles. The van der Waals surface area contributed by atoms with Crippen molar-refractivity contribution in [2.24, 2.45) is 0 Å². The Bertz CT molecular complexity index is 717. The maximum atomic E-state index is 4.62. The first kappa shape index (κ1) is 16.3. The number of rotatable bonds is 4. The zero-order valence-electron chi connectivity index (χ0n) is 14.5. The van der Waals surface area contributed by atoms with Crippen LogP contribution >= 0.6 is 0 Å². The van der Waals surface area contributed by atoms with Gasteiger partial charge in [-0.25, -0.2) is 4.98 Å². The van der Waals surface area contributed by atoms with Crippen molar-refractivity contribution >= 4 is 5.82 Å². The van der Waals surface area contributed by atoms with Gasteiger partial charge in [-0.3, -0.25) is 0 Å². The average Bonchev–Trinajstić information content (AvgIpc) is 2.61. The molecule has 1 aromatic heterocycles. The lowest BCUT2D eigenvalue weighted by Gasteiger charge is -2.22. The SMILES string of the molecule is CC(C)(C)c1ccc(NC(c2ccccc2)c2ccccc2)nc1. The van der Waals surface area contributed by atoms with E-state index in [9.17, 15) is 0 Å². The van der Waals surface area contributed by atoms with E-state index >= 15 is 0 Å². The molecule has 1 N–H and O–H groups in total. The minimum Gasteiger partial charge on any atom is -0.359 e. The van der Waals surface area contributed by atoms with Crippen LogP contribution in [-0.4, -0.2) is 4.98 Å². The van der Waals surface area contributed by atoms with Crippen LogP contribution in [0, 0.1) is 0 Å². The van der Waals surface area contributed by atoms with Crippen LogP contribution in [0.25, 0.3) is 0 Å². The van der Waals surface area contributed by atoms with Gasteiger partial charge in [-0.1, -0.05) is 87.5 Å². The van der Waals surface area contributed by atoms with Crippen LogP contribution in [-0.2, 0) is 5.41 Å². The van der Waals surface area contributed by atoms with Crippen LogP contribution in [0.1, 0.15) is 43.5 Å². The minimum absolute atomic E-state index is 0.0837. The third kappa shape index (κ3) is 3.83. The summed E-state index contributed by atoms with van der Waals surface area (Å²) in [5, 5.41) is 3.58. The predicted octanol–water partition coefficient (Wildman–Crippen LogP) is 5.58. The Hall–Kier alpha value is -2.61. The molecule has 0 amide bonds. The van der Waals surface area contributed by atoms with Gasteiger partial charge in [0.1, 0.15) is 5.82 Å². The molecule has 3 aromatic rings. The third-order valence-electron chi connectivity index (χ3n) is 4.19. The van der Waals surface area contributed by atoms with Crippen LogP contribution in [0.3, 0.4) is 0 Å². The number of hydrogen-bond donors (Lipinski definition) is 1. The fraction of sp³-hybridized carbons (Fsp3) is 0.227. The van der Waals surface area contributed by atoms with Crippen LogP contribution < -0.4 is 5.32 Å². The van der Waals surface area contributed by atoms with Crippen molar-refractivity contribution in [2.75, 3.05) is 5.32 Å². The van der Waals surface area contributed by atoms with Gasteiger partial charge in [-0.15, -0.1) is 0 Å². The summed E-state index contributed by atoms with van der Waals surface area (Å²) in [6.45, 7) is 6.61. The summed E-state index contributed by atoms with van der Waals surface area (Å²) >= 11 is 0. The van der Waals surface area contributed by atoms with Gasteiger partial charge in [0.15, 0.2) is 0 Å². The summed E-state index contributed by atoms with van der Waals surface area (Å²) in [7, 11) is 0. The van der Waals surface area contributed by atoms with E-state index in [0.717, 1.165) is 5.82 Å². The molecule has 0 spiro atoms. The van der Waals surface area contributed by atoms with E-state index in [1.54, 1.807) is 0 Å². The minimum atomic E-state index is 0.0837. The van der Waals surface area contributed by atoms with Crippen LogP contribution in [0.4, 0.5) is 5.82 Å². The molecular formula is C22H24N2. The molecule has 0 unspecified atom stereocenters. The summed E-state index contributed by atoms with van der Waals surface area (Å²) in [4.78, 5) is 4.62. The number of aromatic nitrogens is 1. The fourth-order valence-corrected chi connectivity index (χ4v) is 2.72. The zero-order valence-corrected chi connectivity index (χ0v) is 14.5. The van der Waals surface area contributed by atoms with Crippen molar-refractivity contribution < 1.29 is 0 Å². The number of nitrogens with zero attached hydrogens (tertiary/aromatic N) is 1. The van der Waals surface area contributed by atoms with Gasteiger partial charge in [0.25, 0.3) is 0 Å². The first-order chi connectivity index (χ1) is 11.5. The molecule has 0 aliphatic rings. The molecule has 24 heavy (non-hydrogen) atoms. The Morgan fingerprint density at radius 3 is 1.71 bits per heavy atom. The van der Waals surface area contributed by atoms with Gasteiger partial charge < -0.3 is 5.32 Å². The van der Waals surface area contributed by atoms with Crippen LogP contribution in [0.5, 0.6) is 0 Å². The predicted molar refractivity (Wildman–Crippen MR) is 101 cm³/mol. The first-order valence-electron chi connectivity index (χ1n) is 8.37. The number of pyridine rings is 1. The van der Waals surface area contributed by atoms with E-state index < -0.39 is 0 Å². The molecule has 0 aliphatic heterocycles. The highest BCUT2D eigenvalue weighted by atomic mass is 15.0. The lowest BCUT2D eigenvalue weighted by Crippen LogP contribution is -2.15. The molecule has 2 heteroatoms. The standard InChI is InChI=1S/C22H24N2/c1-22(2,3)19-14-15-20(23-16-19)24-21(17-10-6-4-7-11-17)18-12-8-5-9-13-18/h4-16,21H,1-3H3,(H,23,24). The molecule has 0 radical (unpaired) electrons. The largest absolute Gasteiger partial charge is 0.359 e. The summed E-state index contributed by atoms with van der Waals surface area (Å²) in [6.07, 6.45) is 1.97. The molecule has 1 heterocycles. The molecule has 0 saturated heterocycles. The highest BCUT2D eigenvalue weighted by Gasteiger charge is 2.16. The molecular weight excluding hydrogens is 292 g/mol. The summed E-state index contributed by atoms with van der Waals surface area (Å²) in [6, 6.07) is 25.3. The lowest BCUT2D eigenvalue weighted by atomic mass is 9.88. The molecule has 3 rings (SSSR count). The quantitative estimate of drug-likeness (QED) is 0.679. The molecule has 0 atom stereocenters. The number of nitrogens with one attached hydrogen (secondary N) is 1. The van der Waals surface area contributed by atoms with Gasteiger partial charge in [-0.05, 0) is 28.2 Å². The average molecular weight is 316 g/mol. The smallest absolute Gasteiger partial charge is 0.126 e. The molecule has 2 aromatic carbocycles. The van der Waals surface area contributed by atoms with Gasteiger partial charge in [0, 0.05) is 6.20 Å². The summed E-state index contributed by atoms with van der Waals surface area (Å²) < 4.78 is 0. The lowest BCUT2D eigenvalue weighted by molar-refractivity contribution is 0.587. The van der Waals surface area contributed by atoms with Gasteiger partial charge in [0.05, 0.1) is 6.04 Å². The number of anilines is 1. The summed E-state index contributed by atoms with van der Waals surface area (Å²) in [5.74, 6) is 0.890. The normalized spacial score (nSPS) is 11.5. The number of benzene rings is 2. The Kier molecular flexibility index (Phi) is 4.66. The summed E-state index contributed by atoms with van der Waals surface area (Å²) in [5.41, 5.74) is 3.81. The maximum Gasteiger partial charge on any atom is 0.126 e. The Balaban J connectivity index is 1.90. The van der Waals surface area contributed by atoms with Gasteiger partial charge in [0.2, 0.25) is 0 Å². The monoisotopic (exact) mass is 316 g/mol. The second kappa shape index (κ2) is 6.88. The van der Waals surface area contributed by atoms with E-state index in [-0.39, 0.29) is 11.5 Å². The second-order valence-electron chi connectivity index (χ2n) is 7.08. The van der Waals surface area contributed by atoms with E-state index in [4.69, 9.17) is 0 Å². The van der Waals surface area contributed by atoms with Crippen molar-refractivity contribution in [3.63, 3.8) is 0 Å². The Morgan fingerprint density at radius 2 is 1.29 bits per heavy atom. The molecule has 0 aliphatic carbocycles. The second-order valence-corrected chi connectivity index (χ2v) is 7.08. The van der Waals surface area contributed by atoms with Crippen molar-refractivity contribution in [3.8, 4) is 0 Å². The van der Waals surface area contributed by atoms with E-state index in [0.29, 0.717) is 0 Å². The topological polar surface area (TPSA) is 24.9 Å². The van der Waals surface area contributed by atoms with Crippen LogP contribution in [0.15, 0.2) is 79.0 Å². The maximum absolute atomic E-state index is 4.62. The van der Waals surface area contributed by atoms with Crippen molar-refractivity contribution in [2.45, 2.75) is 32.2 Å². The Labute approximate surface area is 144 Å². The van der Waals surface area contributed by atoms with E-state index in [1.807, 2.05) is 18.3 Å². The van der Waals surface area contributed by atoms with Crippen molar-refractivity contribution in [3.05, 3.63) is 95.7 Å². The highest BCUT2D eigenvalue weighted by molar-refractivity contribution is 5.45. The number of hydrogen-bond acceptors (Lipinski definition) is 2. The van der Waals surface area contributed by atoms with E-state index in [2.05, 4.69) is 91.7 Å². The van der Waals surface area contributed by atoms with E-state index in [1.165, 1.54) is 16.7 Å².